The number of H-pyrrole nitrogens is 2. The predicted molar refractivity (Wildman–Crippen MR) is 106 cm³/mol. The molecule has 4 aromatic rings. The summed E-state index contributed by atoms with van der Waals surface area (Å²) in [5.74, 6) is 0.509. The number of amides is 1. The molecule has 3 N–H and O–H groups in total. The molecular formula is C19H17N5O2S. The number of rotatable bonds is 5. The van der Waals surface area contributed by atoms with Gasteiger partial charge in [0.1, 0.15) is 5.82 Å². The van der Waals surface area contributed by atoms with Crippen molar-refractivity contribution in [3.05, 3.63) is 69.5 Å². The van der Waals surface area contributed by atoms with Crippen molar-refractivity contribution in [3.8, 4) is 0 Å². The fraction of sp³-hybridized carbons (Fsp3) is 0.158. The minimum absolute atomic E-state index is 0.149. The molecule has 1 amide bonds. The Kier molecular flexibility index (Phi) is 4.55. The molecule has 0 unspecified atom stereocenters. The summed E-state index contributed by atoms with van der Waals surface area (Å²) in [5.41, 5.74) is 2.28. The summed E-state index contributed by atoms with van der Waals surface area (Å²) in [4.78, 5) is 35.4. The third kappa shape index (κ3) is 3.52. The van der Waals surface area contributed by atoms with E-state index in [9.17, 15) is 9.59 Å². The zero-order valence-electron chi connectivity index (χ0n) is 14.4. The third-order valence-corrected chi connectivity index (χ3v) is 4.67. The van der Waals surface area contributed by atoms with Gasteiger partial charge in [0, 0.05) is 13.0 Å². The fourth-order valence-corrected chi connectivity index (χ4v) is 3.26. The normalized spacial score (nSPS) is 11.1. The highest BCUT2D eigenvalue weighted by molar-refractivity contribution is 7.71. The van der Waals surface area contributed by atoms with Crippen LogP contribution in [0.1, 0.15) is 12.2 Å². The van der Waals surface area contributed by atoms with Crippen molar-refractivity contribution >= 4 is 40.1 Å². The molecule has 0 aliphatic heterocycles. The number of nitrogens with one attached hydrogen (secondary N) is 3. The first kappa shape index (κ1) is 17.2. The SMILES string of the molecule is O=C(CCn1c(=S)[nH]c2ccccc2c1=O)NCc1nc2ccccc2[nH]1. The summed E-state index contributed by atoms with van der Waals surface area (Å²) < 4.78 is 1.72. The van der Waals surface area contributed by atoms with Gasteiger partial charge in [-0.25, -0.2) is 4.98 Å². The second-order valence-corrected chi connectivity index (χ2v) is 6.55. The highest BCUT2D eigenvalue weighted by Gasteiger charge is 2.09. The van der Waals surface area contributed by atoms with E-state index in [1.165, 1.54) is 4.57 Å². The first-order valence-electron chi connectivity index (χ1n) is 8.54. The van der Waals surface area contributed by atoms with E-state index in [2.05, 4.69) is 20.3 Å². The number of aromatic amines is 2. The van der Waals surface area contributed by atoms with Crippen molar-refractivity contribution in [2.75, 3.05) is 0 Å². The Bertz CT molecular complexity index is 1220. The molecule has 0 fully saturated rings. The third-order valence-electron chi connectivity index (χ3n) is 4.34. The summed E-state index contributed by atoms with van der Waals surface area (Å²) in [6, 6.07) is 14.8. The molecule has 0 radical (unpaired) electrons. The monoisotopic (exact) mass is 379 g/mol. The number of fused-ring (bicyclic) bond motifs is 2. The first-order valence-corrected chi connectivity index (χ1v) is 8.95. The molecule has 0 aliphatic rings. The second kappa shape index (κ2) is 7.16. The summed E-state index contributed by atoms with van der Waals surface area (Å²) in [6.07, 6.45) is 0.149. The number of hydrogen-bond acceptors (Lipinski definition) is 4. The van der Waals surface area contributed by atoms with Gasteiger partial charge in [-0.15, -0.1) is 0 Å². The number of imidazole rings is 1. The van der Waals surface area contributed by atoms with Gasteiger partial charge >= 0.3 is 0 Å². The lowest BCUT2D eigenvalue weighted by Gasteiger charge is -2.08. The molecule has 0 saturated carbocycles. The number of para-hydroxylation sites is 3. The fourth-order valence-electron chi connectivity index (χ4n) is 2.98. The van der Waals surface area contributed by atoms with E-state index in [1.54, 1.807) is 18.2 Å². The van der Waals surface area contributed by atoms with Crippen molar-refractivity contribution in [3.63, 3.8) is 0 Å². The van der Waals surface area contributed by atoms with E-state index < -0.39 is 0 Å². The Morgan fingerprint density at radius 2 is 1.81 bits per heavy atom. The molecule has 2 aromatic heterocycles. The molecule has 136 valence electrons. The number of carbonyl (C=O) groups excluding carboxylic acids is 1. The van der Waals surface area contributed by atoms with Gasteiger partial charge in [0.2, 0.25) is 5.91 Å². The Hall–Kier alpha value is -3.26. The first-order chi connectivity index (χ1) is 13.1. The molecule has 8 heteroatoms. The van der Waals surface area contributed by atoms with E-state index in [0.29, 0.717) is 28.0 Å². The second-order valence-electron chi connectivity index (χ2n) is 6.16. The molecule has 2 aromatic carbocycles. The van der Waals surface area contributed by atoms with Crippen LogP contribution in [0.3, 0.4) is 0 Å². The van der Waals surface area contributed by atoms with Crippen LogP contribution >= 0.6 is 12.2 Å². The van der Waals surface area contributed by atoms with Crippen LogP contribution in [0.4, 0.5) is 0 Å². The van der Waals surface area contributed by atoms with Crippen molar-refractivity contribution in [2.24, 2.45) is 0 Å². The van der Waals surface area contributed by atoms with Crippen LogP contribution in [0.2, 0.25) is 0 Å². The number of nitrogens with zero attached hydrogens (tertiary/aromatic N) is 2. The van der Waals surface area contributed by atoms with Gasteiger partial charge in [-0.05, 0) is 36.5 Å². The van der Waals surface area contributed by atoms with Gasteiger partial charge in [0.05, 0.1) is 28.5 Å². The molecular weight excluding hydrogens is 362 g/mol. The average Bonchev–Trinajstić information content (AvgIpc) is 3.09. The van der Waals surface area contributed by atoms with E-state index in [4.69, 9.17) is 12.2 Å². The zero-order chi connectivity index (χ0) is 18.8. The lowest BCUT2D eigenvalue weighted by Crippen LogP contribution is -2.28. The van der Waals surface area contributed by atoms with Gasteiger partial charge in [0.15, 0.2) is 4.77 Å². The van der Waals surface area contributed by atoms with Gasteiger partial charge < -0.3 is 15.3 Å². The maximum Gasteiger partial charge on any atom is 0.262 e. The Balaban J connectivity index is 1.42. The van der Waals surface area contributed by atoms with Crippen molar-refractivity contribution in [1.29, 1.82) is 0 Å². The maximum absolute atomic E-state index is 12.6. The molecule has 0 aliphatic carbocycles. The molecule has 4 rings (SSSR count). The summed E-state index contributed by atoms with van der Waals surface area (Å²) in [6.45, 7) is 0.512. The Labute approximate surface area is 159 Å². The van der Waals surface area contributed by atoms with Crippen molar-refractivity contribution in [1.82, 2.24) is 24.8 Å². The number of hydrogen-bond donors (Lipinski definition) is 3. The lowest BCUT2D eigenvalue weighted by molar-refractivity contribution is -0.121. The summed E-state index contributed by atoms with van der Waals surface area (Å²) in [7, 11) is 0. The minimum atomic E-state index is -0.195. The lowest BCUT2D eigenvalue weighted by atomic mass is 10.2. The molecule has 7 nitrogen and oxygen atoms in total. The Morgan fingerprint density at radius 3 is 2.63 bits per heavy atom. The van der Waals surface area contributed by atoms with Crippen molar-refractivity contribution in [2.45, 2.75) is 19.5 Å². The van der Waals surface area contributed by atoms with Crippen molar-refractivity contribution < 1.29 is 4.79 Å². The average molecular weight is 379 g/mol. The quantitative estimate of drug-likeness (QED) is 0.465. The van der Waals surface area contributed by atoms with E-state index in [-0.39, 0.29) is 24.4 Å². The summed E-state index contributed by atoms with van der Waals surface area (Å²) >= 11 is 5.26. The van der Waals surface area contributed by atoms with Crippen LogP contribution < -0.4 is 10.9 Å². The largest absolute Gasteiger partial charge is 0.349 e. The number of aromatic nitrogens is 4. The van der Waals surface area contributed by atoms with E-state index in [1.807, 2.05) is 30.3 Å². The van der Waals surface area contributed by atoms with E-state index in [0.717, 1.165) is 11.0 Å². The predicted octanol–water partition coefficient (Wildman–Crippen LogP) is 2.64. The smallest absolute Gasteiger partial charge is 0.262 e. The van der Waals surface area contributed by atoms with Gasteiger partial charge in [-0.1, -0.05) is 24.3 Å². The number of carbonyl (C=O) groups is 1. The molecule has 27 heavy (non-hydrogen) atoms. The van der Waals surface area contributed by atoms with Crippen LogP contribution in [-0.4, -0.2) is 25.4 Å². The molecule has 0 atom stereocenters. The highest BCUT2D eigenvalue weighted by Crippen LogP contribution is 2.10. The van der Waals surface area contributed by atoms with Gasteiger partial charge in [0.25, 0.3) is 5.56 Å². The van der Waals surface area contributed by atoms with E-state index >= 15 is 0 Å². The molecule has 0 saturated heterocycles. The topological polar surface area (TPSA) is 95.6 Å². The maximum atomic E-state index is 12.6. The Morgan fingerprint density at radius 1 is 1.07 bits per heavy atom. The van der Waals surface area contributed by atoms with Crippen LogP contribution in [-0.2, 0) is 17.9 Å². The highest BCUT2D eigenvalue weighted by atomic mass is 32.1. The summed E-state index contributed by atoms with van der Waals surface area (Å²) in [5, 5.41) is 3.36. The van der Waals surface area contributed by atoms with Gasteiger partial charge in [-0.3, -0.25) is 14.2 Å². The molecule has 0 spiro atoms. The van der Waals surface area contributed by atoms with Crippen LogP contribution in [0, 0.1) is 4.77 Å². The van der Waals surface area contributed by atoms with Crippen LogP contribution in [0.25, 0.3) is 21.9 Å². The number of benzene rings is 2. The molecule has 0 bridgehead atoms. The minimum Gasteiger partial charge on any atom is -0.349 e. The zero-order valence-corrected chi connectivity index (χ0v) is 15.2. The van der Waals surface area contributed by atoms with Crippen LogP contribution in [0.15, 0.2) is 53.3 Å². The van der Waals surface area contributed by atoms with Crippen LogP contribution in [0.5, 0.6) is 0 Å². The standard InChI is InChI=1S/C19H17N5O2S/c25-17(20-11-16-21-14-7-3-4-8-15(14)22-16)9-10-24-18(26)12-5-1-2-6-13(12)23-19(24)27/h1-8H,9-11H2,(H,20,25)(H,21,22)(H,23,27). The van der Waals surface area contributed by atoms with Gasteiger partial charge in [-0.2, -0.15) is 0 Å². The molecule has 2 heterocycles.